The number of ether oxygens (including phenoxy) is 1. The summed E-state index contributed by atoms with van der Waals surface area (Å²) in [7, 11) is 3.66. The molecule has 1 N–H and O–H groups in total. The number of rotatable bonds is 5. The van der Waals surface area contributed by atoms with E-state index >= 15 is 0 Å². The van der Waals surface area contributed by atoms with E-state index in [-0.39, 0.29) is 12.4 Å². The average molecular weight is 296 g/mol. The van der Waals surface area contributed by atoms with Crippen LogP contribution in [0.2, 0.25) is 0 Å². The molecule has 0 saturated carbocycles. The van der Waals surface area contributed by atoms with Crippen LogP contribution in [0.3, 0.4) is 0 Å². The quantitative estimate of drug-likeness (QED) is 0.901. The second kappa shape index (κ2) is 8.10. The monoisotopic (exact) mass is 295 g/mol. The van der Waals surface area contributed by atoms with E-state index in [1.54, 1.807) is 18.9 Å². The minimum atomic E-state index is 0. The summed E-state index contributed by atoms with van der Waals surface area (Å²) >= 11 is 1.76. The van der Waals surface area contributed by atoms with E-state index in [1.807, 2.05) is 19.2 Å². The minimum Gasteiger partial charge on any atom is -0.497 e. The molecular weight excluding hydrogens is 278 g/mol. The Morgan fingerprint density at radius 1 is 1.11 bits per heavy atom. The first-order valence-electron chi connectivity index (χ1n) is 5.88. The Bertz CT molecular complexity index is 519. The fraction of sp³-hybridized carbons (Fsp3) is 0.200. The maximum Gasteiger partial charge on any atom is 0.119 e. The van der Waals surface area contributed by atoms with Crippen LogP contribution in [-0.4, -0.2) is 14.2 Å². The maximum atomic E-state index is 5.24. The number of methoxy groups -OCH3 is 1. The number of benzene rings is 2. The van der Waals surface area contributed by atoms with Crippen molar-refractivity contribution in [1.29, 1.82) is 0 Å². The molecule has 2 nitrogen and oxygen atoms in total. The smallest absolute Gasteiger partial charge is 0.119 e. The number of nitrogens with one attached hydrogen (secondary N) is 1. The lowest BCUT2D eigenvalue weighted by molar-refractivity contribution is 0.413. The lowest BCUT2D eigenvalue weighted by Gasteiger charge is -2.09. The van der Waals surface area contributed by atoms with Crippen molar-refractivity contribution >= 4 is 24.2 Å². The van der Waals surface area contributed by atoms with Crippen molar-refractivity contribution < 1.29 is 4.74 Å². The molecule has 0 saturated heterocycles. The van der Waals surface area contributed by atoms with E-state index in [1.165, 1.54) is 15.4 Å². The van der Waals surface area contributed by atoms with Crippen LogP contribution in [0.1, 0.15) is 5.56 Å². The van der Waals surface area contributed by atoms with Crippen molar-refractivity contribution in [3.63, 3.8) is 0 Å². The van der Waals surface area contributed by atoms with Gasteiger partial charge in [0, 0.05) is 16.3 Å². The van der Waals surface area contributed by atoms with Crippen LogP contribution in [0, 0.1) is 0 Å². The number of hydrogen-bond acceptors (Lipinski definition) is 3. The van der Waals surface area contributed by atoms with Gasteiger partial charge < -0.3 is 10.1 Å². The summed E-state index contributed by atoms with van der Waals surface area (Å²) in [5.41, 5.74) is 1.31. The summed E-state index contributed by atoms with van der Waals surface area (Å²) < 4.78 is 5.24. The van der Waals surface area contributed by atoms with E-state index in [9.17, 15) is 0 Å². The van der Waals surface area contributed by atoms with Crippen molar-refractivity contribution in [2.75, 3.05) is 14.2 Å². The van der Waals surface area contributed by atoms with Gasteiger partial charge in [-0.2, -0.15) is 0 Å². The molecule has 0 spiro atoms. The van der Waals surface area contributed by atoms with E-state index in [0.717, 1.165) is 12.3 Å². The molecule has 4 heteroatoms. The lowest BCUT2D eigenvalue weighted by atomic mass is 10.2. The molecule has 0 bridgehead atoms. The third-order valence-electron chi connectivity index (χ3n) is 2.61. The molecule has 2 aromatic rings. The second-order valence-corrected chi connectivity index (χ2v) is 5.03. The molecule has 0 aliphatic heterocycles. The zero-order valence-corrected chi connectivity index (χ0v) is 12.7. The van der Waals surface area contributed by atoms with Crippen LogP contribution in [0.5, 0.6) is 5.75 Å². The molecule has 0 heterocycles. The maximum absolute atomic E-state index is 5.24. The predicted octanol–water partition coefficient (Wildman–Crippen LogP) is 3.99. The largest absolute Gasteiger partial charge is 0.497 e. The lowest BCUT2D eigenvalue weighted by Crippen LogP contribution is -2.05. The van der Waals surface area contributed by atoms with E-state index < -0.39 is 0 Å². The number of halogens is 1. The highest BCUT2D eigenvalue weighted by atomic mass is 35.5. The first-order valence-corrected chi connectivity index (χ1v) is 6.69. The van der Waals surface area contributed by atoms with Crippen LogP contribution >= 0.6 is 24.2 Å². The van der Waals surface area contributed by atoms with Gasteiger partial charge in [-0.1, -0.05) is 36.0 Å². The van der Waals surface area contributed by atoms with Crippen molar-refractivity contribution in [3.8, 4) is 5.75 Å². The minimum absolute atomic E-state index is 0. The Morgan fingerprint density at radius 2 is 1.89 bits per heavy atom. The third kappa shape index (κ3) is 4.46. The van der Waals surface area contributed by atoms with Gasteiger partial charge in [0.2, 0.25) is 0 Å². The zero-order chi connectivity index (χ0) is 12.8. The fourth-order valence-corrected chi connectivity index (χ4v) is 2.73. The van der Waals surface area contributed by atoms with Crippen LogP contribution in [0.15, 0.2) is 58.3 Å². The molecule has 0 atom stereocenters. The van der Waals surface area contributed by atoms with Gasteiger partial charge in [0.25, 0.3) is 0 Å². The first-order chi connectivity index (χ1) is 8.83. The molecule has 2 rings (SSSR count). The number of hydrogen-bond donors (Lipinski definition) is 1. The molecule has 2 aromatic carbocycles. The summed E-state index contributed by atoms with van der Waals surface area (Å²) in [5.74, 6) is 0.895. The highest BCUT2D eigenvalue weighted by molar-refractivity contribution is 7.99. The van der Waals surface area contributed by atoms with Crippen molar-refractivity contribution in [3.05, 3.63) is 54.1 Å². The predicted molar refractivity (Wildman–Crippen MR) is 83.6 cm³/mol. The summed E-state index contributed by atoms with van der Waals surface area (Å²) in [5, 5.41) is 3.19. The van der Waals surface area contributed by atoms with E-state index in [0.29, 0.717) is 0 Å². The van der Waals surface area contributed by atoms with Crippen LogP contribution in [0.4, 0.5) is 0 Å². The molecule has 0 amide bonds. The van der Waals surface area contributed by atoms with Gasteiger partial charge in [-0.05, 0) is 36.9 Å². The summed E-state index contributed by atoms with van der Waals surface area (Å²) in [4.78, 5) is 2.47. The average Bonchev–Trinajstić information content (AvgIpc) is 2.41. The Labute approximate surface area is 125 Å². The summed E-state index contributed by atoms with van der Waals surface area (Å²) in [6.45, 7) is 0.882. The van der Waals surface area contributed by atoms with Gasteiger partial charge in [0.05, 0.1) is 7.11 Å². The molecule has 0 fully saturated rings. The highest BCUT2D eigenvalue weighted by Gasteiger charge is 2.04. The Morgan fingerprint density at radius 3 is 2.63 bits per heavy atom. The molecule has 19 heavy (non-hydrogen) atoms. The molecule has 0 aliphatic rings. The topological polar surface area (TPSA) is 21.3 Å². The molecule has 102 valence electrons. The van der Waals surface area contributed by atoms with Gasteiger partial charge >= 0.3 is 0 Å². The molecule has 0 aromatic heterocycles. The molecule has 0 radical (unpaired) electrons. The van der Waals surface area contributed by atoms with E-state index in [2.05, 4.69) is 41.7 Å². The second-order valence-electron chi connectivity index (χ2n) is 3.92. The van der Waals surface area contributed by atoms with Crippen molar-refractivity contribution in [2.24, 2.45) is 0 Å². The first kappa shape index (κ1) is 15.9. The van der Waals surface area contributed by atoms with Crippen molar-refractivity contribution in [2.45, 2.75) is 16.3 Å². The van der Waals surface area contributed by atoms with E-state index in [4.69, 9.17) is 4.74 Å². The molecular formula is C15H18ClNOS. The van der Waals surface area contributed by atoms with Gasteiger partial charge in [-0.15, -0.1) is 12.4 Å². The summed E-state index contributed by atoms with van der Waals surface area (Å²) in [6.07, 6.45) is 0. The van der Waals surface area contributed by atoms with Crippen molar-refractivity contribution in [1.82, 2.24) is 5.32 Å². The Kier molecular flexibility index (Phi) is 6.78. The van der Waals surface area contributed by atoms with Gasteiger partial charge in [0.15, 0.2) is 0 Å². The Hall–Kier alpha value is -1.16. The van der Waals surface area contributed by atoms with Gasteiger partial charge in [-0.25, -0.2) is 0 Å². The fourth-order valence-electron chi connectivity index (χ4n) is 1.73. The SMILES string of the molecule is CNCc1ccccc1Sc1cccc(OC)c1.Cl. The molecule has 0 aliphatic carbocycles. The Balaban J connectivity index is 0.00000180. The summed E-state index contributed by atoms with van der Waals surface area (Å²) in [6, 6.07) is 16.6. The normalized spacial score (nSPS) is 9.79. The standard InChI is InChI=1S/C15H17NOS.ClH/c1-16-11-12-6-3-4-9-15(12)18-14-8-5-7-13(10-14)17-2;/h3-10,16H,11H2,1-2H3;1H. The van der Waals surface area contributed by atoms with Crippen LogP contribution in [0.25, 0.3) is 0 Å². The van der Waals surface area contributed by atoms with Gasteiger partial charge in [-0.3, -0.25) is 0 Å². The van der Waals surface area contributed by atoms with Crippen LogP contribution in [-0.2, 0) is 6.54 Å². The molecule has 0 unspecified atom stereocenters. The van der Waals surface area contributed by atoms with Gasteiger partial charge in [0.1, 0.15) is 5.75 Å². The van der Waals surface area contributed by atoms with Crippen LogP contribution < -0.4 is 10.1 Å². The zero-order valence-electron chi connectivity index (χ0n) is 11.1. The highest BCUT2D eigenvalue weighted by Crippen LogP contribution is 2.32. The third-order valence-corrected chi connectivity index (χ3v) is 3.72.